The molecule has 5 nitrogen and oxygen atoms in total. The second-order valence-electron chi connectivity index (χ2n) is 2.33. The summed E-state index contributed by atoms with van der Waals surface area (Å²) in [7, 11) is 0. The Morgan fingerprint density at radius 2 is 2.45 bits per heavy atom. The van der Waals surface area contributed by atoms with Crippen LogP contribution in [-0.4, -0.2) is 43.0 Å². The molecule has 0 saturated carbocycles. The molecule has 0 radical (unpaired) electrons. The third kappa shape index (κ3) is 2.19. The number of hydrogen-bond donors (Lipinski definition) is 1. The Bertz CT molecular complexity index is 181. The minimum Gasteiger partial charge on any atom is -0.370 e. The van der Waals surface area contributed by atoms with Gasteiger partial charge in [0.2, 0.25) is 11.8 Å². The lowest BCUT2D eigenvalue weighted by atomic mass is 10.4. The molecule has 0 unspecified atom stereocenters. The molecule has 2 N–H and O–H groups in total. The van der Waals surface area contributed by atoms with Gasteiger partial charge in [0.25, 0.3) is 0 Å². The van der Waals surface area contributed by atoms with Crippen molar-refractivity contribution in [1.82, 2.24) is 4.90 Å². The van der Waals surface area contributed by atoms with Crippen LogP contribution in [0.5, 0.6) is 0 Å². The van der Waals surface area contributed by atoms with Crippen LogP contribution in [0.15, 0.2) is 0 Å². The molecule has 0 aromatic carbocycles. The van der Waals surface area contributed by atoms with Crippen LogP contribution in [0, 0.1) is 0 Å². The Morgan fingerprint density at radius 1 is 1.73 bits per heavy atom. The van der Waals surface area contributed by atoms with Crippen molar-refractivity contribution in [2.75, 3.05) is 26.3 Å². The van der Waals surface area contributed by atoms with Crippen LogP contribution in [0.4, 0.5) is 0 Å². The Labute approximate surface area is 64.1 Å². The van der Waals surface area contributed by atoms with Gasteiger partial charge >= 0.3 is 0 Å². The van der Waals surface area contributed by atoms with E-state index < -0.39 is 5.91 Å². The minimum atomic E-state index is -0.486. The molecular weight excluding hydrogens is 148 g/mol. The second kappa shape index (κ2) is 3.34. The number of hydrogen-bond acceptors (Lipinski definition) is 3. The smallest absolute Gasteiger partial charge is 0.249 e. The van der Waals surface area contributed by atoms with Crippen LogP contribution in [0.25, 0.3) is 0 Å². The number of rotatable bonds is 2. The van der Waals surface area contributed by atoms with Crippen molar-refractivity contribution >= 4 is 11.8 Å². The topological polar surface area (TPSA) is 72.6 Å². The molecule has 0 aromatic rings. The van der Waals surface area contributed by atoms with E-state index in [1.807, 2.05) is 0 Å². The predicted molar refractivity (Wildman–Crippen MR) is 36.6 cm³/mol. The van der Waals surface area contributed by atoms with Gasteiger partial charge in [0.1, 0.15) is 6.61 Å². The molecule has 1 aliphatic heterocycles. The van der Waals surface area contributed by atoms with Gasteiger partial charge in [-0.3, -0.25) is 9.59 Å². The number of amides is 2. The molecule has 1 rings (SSSR count). The quantitative estimate of drug-likeness (QED) is 0.522. The highest BCUT2D eigenvalue weighted by Crippen LogP contribution is 1.96. The summed E-state index contributed by atoms with van der Waals surface area (Å²) < 4.78 is 4.85. The molecule has 11 heavy (non-hydrogen) atoms. The Kier molecular flexibility index (Phi) is 2.43. The molecule has 1 heterocycles. The maximum atomic E-state index is 10.9. The van der Waals surface area contributed by atoms with Gasteiger partial charge in [-0.25, -0.2) is 0 Å². The summed E-state index contributed by atoms with van der Waals surface area (Å²) in [5, 5.41) is 0. The first-order valence-corrected chi connectivity index (χ1v) is 3.34. The highest BCUT2D eigenvalue weighted by atomic mass is 16.5. The Hall–Kier alpha value is -1.10. The van der Waals surface area contributed by atoms with Gasteiger partial charge < -0.3 is 15.4 Å². The van der Waals surface area contributed by atoms with Crippen LogP contribution in [-0.2, 0) is 14.3 Å². The van der Waals surface area contributed by atoms with E-state index in [1.54, 1.807) is 0 Å². The SMILES string of the molecule is NC(=O)CN1CCOCC1=O. The zero-order valence-electron chi connectivity index (χ0n) is 6.08. The number of carbonyl (C=O) groups is 2. The highest BCUT2D eigenvalue weighted by molar-refractivity contribution is 5.84. The van der Waals surface area contributed by atoms with Gasteiger partial charge in [-0.15, -0.1) is 0 Å². The van der Waals surface area contributed by atoms with E-state index in [2.05, 4.69) is 0 Å². The van der Waals surface area contributed by atoms with Crippen molar-refractivity contribution < 1.29 is 14.3 Å². The first kappa shape index (κ1) is 8.00. The summed E-state index contributed by atoms with van der Waals surface area (Å²) in [5.41, 5.74) is 4.91. The number of carbonyl (C=O) groups excluding carboxylic acids is 2. The fourth-order valence-electron chi connectivity index (χ4n) is 0.906. The van der Waals surface area contributed by atoms with E-state index in [4.69, 9.17) is 10.5 Å². The summed E-state index contributed by atoms with van der Waals surface area (Å²) in [6, 6.07) is 0. The molecule has 62 valence electrons. The summed E-state index contributed by atoms with van der Waals surface area (Å²) in [4.78, 5) is 22.7. The van der Waals surface area contributed by atoms with Crippen molar-refractivity contribution in [3.05, 3.63) is 0 Å². The average molecular weight is 158 g/mol. The van der Waals surface area contributed by atoms with E-state index in [9.17, 15) is 9.59 Å². The Balaban J connectivity index is 2.42. The van der Waals surface area contributed by atoms with Crippen LogP contribution in [0.3, 0.4) is 0 Å². The molecular formula is C6H10N2O3. The molecule has 0 bridgehead atoms. The molecule has 0 aliphatic carbocycles. The number of nitrogens with zero attached hydrogens (tertiary/aromatic N) is 1. The normalized spacial score (nSPS) is 18.5. The van der Waals surface area contributed by atoms with Gasteiger partial charge in [0.05, 0.1) is 13.2 Å². The van der Waals surface area contributed by atoms with Crippen LogP contribution >= 0.6 is 0 Å². The van der Waals surface area contributed by atoms with E-state index in [0.717, 1.165) is 0 Å². The van der Waals surface area contributed by atoms with Crippen LogP contribution in [0.1, 0.15) is 0 Å². The minimum absolute atomic E-state index is 0.00218. The zero-order valence-corrected chi connectivity index (χ0v) is 6.08. The van der Waals surface area contributed by atoms with Crippen molar-refractivity contribution in [3.63, 3.8) is 0 Å². The first-order chi connectivity index (χ1) is 5.20. The van der Waals surface area contributed by atoms with Gasteiger partial charge in [-0.05, 0) is 0 Å². The molecule has 0 aromatic heterocycles. The predicted octanol–water partition coefficient (Wildman–Crippen LogP) is -1.67. The molecule has 1 aliphatic rings. The van der Waals surface area contributed by atoms with E-state index in [1.165, 1.54) is 4.90 Å². The molecule has 2 amide bonds. The van der Waals surface area contributed by atoms with Crippen molar-refractivity contribution in [1.29, 1.82) is 0 Å². The van der Waals surface area contributed by atoms with Crippen LogP contribution < -0.4 is 5.73 Å². The second-order valence-corrected chi connectivity index (χ2v) is 2.33. The highest BCUT2D eigenvalue weighted by Gasteiger charge is 2.19. The van der Waals surface area contributed by atoms with Crippen molar-refractivity contribution in [3.8, 4) is 0 Å². The maximum absolute atomic E-state index is 10.9. The fourth-order valence-corrected chi connectivity index (χ4v) is 0.906. The van der Waals surface area contributed by atoms with Gasteiger partial charge in [0.15, 0.2) is 0 Å². The van der Waals surface area contributed by atoms with Crippen LogP contribution in [0.2, 0.25) is 0 Å². The fraction of sp³-hybridized carbons (Fsp3) is 0.667. The third-order valence-corrected chi connectivity index (χ3v) is 1.43. The molecule has 1 saturated heterocycles. The maximum Gasteiger partial charge on any atom is 0.249 e. The number of morpholine rings is 1. The Morgan fingerprint density at radius 3 is 3.00 bits per heavy atom. The average Bonchev–Trinajstić information content (AvgIpc) is 1.93. The standard InChI is InChI=1S/C6H10N2O3/c7-5(9)3-8-1-2-11-4-6(8)10/h1-4H2,(H2,7,9). The van der Waals surface area contributed by atoms with E-state index >= 15 is 0 Å². The van der Waals surface area contributed by atoms with Crippen molar-refractivity contribution in [2.45, 2.75) is 0 Å². The number of primary amides is 1. The third-order valence-electron chi connectivity index (χ3n) is 1.43. The van der Waals surface area contributed by atoms with Gasteiger partial charge in [0, 0.05) is 6.54 Å². The zero-order chi connectivity index (χ0) is 8.27. The van der Waals surface area contributed by atoms with E-state index in [-0.39, 0.29) is 19.1 Å². The number of nitrogens with two attached hydrogens (primary N) is 1. The largest absolute Gasteiger partial charge is 0.370 e. The summed E-state index contributed by atoms with van der Waals surface area (Å²) in [5.74, 6) is -0.657. The lowest BCUT2D eigenvalue weighted by Gasteiger charge is -2.25. The lowest BCUT2D eigenvalue weighted by Crippen LogP contribution is -2.45. The van der Waals surface area contributed by atoms with Crippen molar-refractivity contribution in [2.24, 2.45) is 5.73 Å². The molecule has 0 atom stereocenters. The van der Waals surface area contributed by atoms with Gasteiger partial charge in [-0.2, -0.15) is 0 Å². The monoisotopic (exact) mass is 158 g/mol. The van der Waals surface area contributed by atoms with E-state index in [0.29, 0.717) is 13.2 Å². The molecule has 5 heteroatoms. The molecule has 0 spiro atoms. The molecule has 1 fully saturated rings. The number of ether oxygens (including phenoxy) is 1. The summed E-state index contributed by atoms with van der Waals surface area (Å²) >= 11 is 0. The first-order valence-electron chi connectivity index (χ1n) is 3.34. The van der Waals surface area contributed by atoms with Gasteiger partial charge in [-0.1, -0.05) is 0 Å². The lowest BCUT2D eigenvalue weighted by molar-refractivity contribution is -0.145. The summed E-state index contributed by atoms with van der Waals surface area (Å²) in [6.45, 7) is 1.01. The summed E-state index contributed by atoms with van der Waals surface area (Å²) in [6.07, 6.45) is 0.